The molecule has 1 rings (SSSR count). The molecule has 1 heterocycles. The molecule has 1 fully saturated rings. The summed E-state index contributed by atoms with van der Waals surface area (Å²) in [5, 5.41) is 0. The van der Waals surface area contributed by atoms with Crippen molar-refractivity contribution in [3.05, 3.63) is 0 Å². The number of nitrogens with zero attached hydrogens (tertiary/aromatic N) is 1. The van der Waals surface area contributed by atoms with Gasteiger partial charge in [-0.05, 0) is 38.3 Å². The van der Waals surface area contributed by atoms with E-state index in [9.17, 15) is 0 Å². The van der Waals surface area contributed by atoms with E-state index in [4.69, 9.17) is 0 Å². The normalized spacial score (nSPS) is 27.3. The molecule has 1 aliphatic rings. The van der Waals surface area contributed by atoms with E-state index in [1.165, 1.54) is 45.3 Å². The van der Waals surface area contributed by atoms with E-state index >= 15 is 0 Å². The van der Waals surface area contributed by atoms with Crippen molar-refractivity contribution in [1.82, 2.24) is 4.90 Å². The Labute approximate surface area is 70.8 Å². The van der Waals surface area contributed by atoms with Gasteiger partial charge in [0, 0.05) is 6.54 Å². The van der Waals surface area contributed by atoms with Crippen LogP contribution in [0.1, 0.15) is 39.5 Å². The van der Waals surface area contributed by atoms with E-state index in [1.54, 1.807) is 0 Å². The fraction of sp³-hybridized carbons (Fsp3) is 1.00. The SMILES string of the molecule is CCCN1CCC[C@H](CC)C1. The first-order valence-electron chi connectivity index (χ1n) is 5.09. The zero-order chi connectivity index (χ0) is 8.10. The molecule has 1 heteroatoms. The van der Waals surface area contributed by atoms with Crippen LogP contribution in [0.5, 0.6) is 0 Å². The molecule has 0 bridgehead atoms. The van der Waals surface area contributed by atoms with Crippen molar-refractivity contribution in [2.24, 2.45) is 5.92 Å². The maximum atomic E-state index is 2.62. The fourth-order valence-corrected chi connectivity index (χ4v) is 2.00. The summed E-state index contributed by atoms with van der Waals surface area (Å²) in [5.74, 6) is 0.996. The monoisotopic (exact) mass is 155 g/mol. The lowest BCUT2D eigenvalue weighted by molar-refractivity contribution is 0.172. The summed E-state index contributed by atoms with van der Waals surface area (Å²) >= 11 is 0. The minimum atomic E-state index is 0.996. The molecule has 1 nitrogen and oxygen atoms in total. The molecule has 0 radical (unpaired) electrons. The molecule has 0 aromatic rings. The number of rotatable bonds is 3. The highest BCUT2D eigenvalue weighted by atomic mass is 15.1. The predicted molar refractivity (Wildman–Crippen MR) is 49.7 cm³/mol. The van der Waals surface area contributed by atoms with E-state index in [2.05, 4.69) is 18.7 Å². The number of piperidine rings is 1. The first-order valence-corrected chi connectivity index (χ1v) is 5.09. The van der Waals surface area contributed by atoms with Crippen molar-refractivity contribution in [3.63, 3.8) is 0 Å². The molecular formula is C10H21N. The molecule has 0 aromatic heterocycles. The first-order chi connectivity index (χ1) is 5.36. The Bertz CT molecular complexity index is 99.0. The largest absolute Gasteiger partial charge is 0.303 e. The van der Waals surface area contributed by atoms with Crippen LogP contribution in [-0.2, 0) is 0 Å². The summed E-state index contributed by atoms with van der Waals surface area (Å²) in [5.41, 5.74) is 0. The average Bonchev–Trinajstić information content (AvgIpc) is 2.06. The summed E-state index contributed by atoms with van der Waals surface area (Å²) in [4.78, 5) is 2.62. The molecule has 0 unspecified atom stereocenters. The Morgan fingerprint density at radius 2 is 2.18 bits per heavy atom. The van der Waals surface area contributed by atoms with Crippen molar-refractivity contribution in [2.45, 2.75) is 39.5 Å². The molecule has 1 saturated heterocycles. The standard InChI is InChI=1S/C10H21N/c1-3-7-11-8-5-6-10(4-2)9-11/h10H,3-9H2,1-2H3/t10-/m0/s1. The molecule has 0 aliphatic carbocycles. The zero-order valence-electron chi connectivity index (χ0n) is 7.97. The van der Waals surface area contributed by atoms with Crippen LogP contribution in [0.15, 0.2) is 0 Å². The van der Waals surface area contributed by atoms with Crippen molar-refractivity contribution >= 4 is 0 Å². The Balaban J connectivity index is 2.21. The summed E-state index contributed by atoms with van der Waals surface area (Å²) in [6.45, 7) is 8.63. The van der Waals surface area contributed by atoms with Crippen molar-refractivity contribution in [1.29, 1.82) is 0 Å². The van der Waals surface area contributed by atoms with Crippen LogP contribution in [0.2, 0.25) is 0 Å². The number of hydrogen-bond acceptors (Lipinski definition) is 1. The second-order valence-corrected chi connectivity index (χ2v) is 3.72. The average molecular weight is 155 g/mol. The third kappa shape index (κ3) is 2.82. The highest BCUT2D eigenvalue weighted by molar-refractivity contribution is 4.71. The molecule has 1 atom stereocenters. The quantitative estimate of drug-likeness (QED) is 0.605. The van der Waals surface area contributed by atoms with E-state index in [1.807, 2.05) is 0 Å². The van der Waals surface area contributed by atoms with Crippen LogP contribution < -0.4 is 0 Å². The van der Waals surface area contributed by atoms with Gasteiger partial charge in [-0.2, -0.15) is 0 Å². The third-order valence-electron chi connectivity index (χ3n) is 2.72. The molecule has 66 valence electrons. The van der Waals surface area contributed by atoms with Gasteiger partial charge >= 0.3 is 0 Å². The van der Waals surface area contributed by atoms with Gasteiger partial charge in [0.25, 0.3) is 0 Å². The summed E-state index contributed by atoms with van der Waals surface area (Å²) in [6.07, 6.45) is 5.59. The van der Waals surface area contributed by atoms with E-state index < -0.39 is 0 Å². The Kier molecular flexibility index (Phi) is 3.92. The molecule has 0 aromatic carbocycles. The Morgan fingerprint density at radius 1 is 1.36 bits per heavy atom. The van der Waals surface area contributed by atoms with Crippen LogP contribution >= 0.6 is 0 Å². The van der Waals surface area contributed by atoms with Crippen LogP contribution in [0.25, 0.3) is 0 Å². The molecule has 0 saturated carbocycles. The second kappa shape index (κ2) is 4.76. The predicted octanol–water partition coefficient (Wildman–Crippen LogP) is 2.52. The van der Waals surface area contributed by atoms with Gasteiger partial charge in [0.2, 0.25) is 0 Å². The van der Waals surface area contributed by atoms with Crippen molar-refractivity contribution in [2.75, 3.05) is 19.6 Å². The van der Waals surface area contributed by atoms with Gasteiger partial charge in [-0.15, -0.1) is 0 Å². The van der Waals surface area contributed by atoms with E-state index in [0.717, 1.165) is 5.92 Å². The van der Waals surface area contributed by atoms with Gasteiger partial charge in [0.15, 0.2) is 0 Å². The minimum Gasteiger partial charge on any atom is -0.303 e. The van der Waals surface area contributed by atoms with Gasteiger partial charge in [-0.3, -0.25) is 0 Å². The maximum Gasteiger partial charge on any atom is 0.000956 e. The van der Waals surface area contributed by atoms with Gasteiger partial charge in [0.05, 0.1) is 0 Å². The van der Waals surface area contributed by atoms with Crippen LogP contribution in [0, 0.1) is 5.92 Å². The highest BCUT2D eigenvalue weighted by Crippen LogP contribution is 2.18. The van der Waals surface area contributed by atoms with Gasteiger partial charge in [-0.1, -0.05) is 20.3 Å². The smallest absolute Gasteiger partial charge is 0.000956 e. The topological polar surface area (TPSA) is 3.24 Å². The molecule has 0 N–H and O–H groups in total. The first kappa shape index (κ1) is 9.05. The van der Waals surface area contributed by atoms with Crippen LogP contribution in [-0.4, -0.2) is 24.5 Å². The van der Waals surface area contributed by atoms with Crippen LogP contribution in [0.3, 0.4) is 0 Å². The summed E-state index contributed by atoms with van der Waals surface area (Å²) in [6, 6.07) is 0. The van der Waals surface area contributed by atoms with Gasteiger partial charge in [-0.25, -0.2) is 0 Å². The molecule has 1 aliphatic heterocycles. The Hall–Kier alpha value is -0.0400. The zero-order valence-corrected chi connectivity index (χ0v) is 7.97. The van der Waals surface area contributed by atoms with E-state index in [-0.39, 0.29) is 0 Å². The lowest BCUT2D eigenvalue weighted by Crippen LogP contribution is -2.35. The maximum absolute atomic E-state index is 2.62. The fourth-order valence-electron chi connectivity index (χ4n) is 2.00. The van der Waals surface area contributed by atoms with Crippen LogP contribution in [0.4, 0.5) is 0 Å². The number of likely N-dealkylation sites (tertiary alicyclic amines) is 1. The summed E-state index contributed by atoms with van der Waals surface area (Å²) < 4.78 is 0. The summed E-state index contributed by atoms with van der Waals surface area (Å²) in [7, 11) is 0. The molecule has 0 spiro atoms. The number of hydrogen-bond donors (Lipinski definition) is 0. The molecule has 0 amide bonds. The van der Waals surface area contributed by atoms with Gasteiger partial charge < -0.3 is 4.90 Å². The van der Waals surface area contributed by atoms with Gasteiger partial charge in [0.1, 0.15) is 0 Å². The Morgan fingerprint density at radius 3 is 2.82 bits per heavy atom. The lowest BCUT2D eigenvalue weighted by atomic mass is 9.96. The van der Waals surface area contributed by atoms with Crippen molar-refractivity contribution in [3.8, 4) is 0 Å². The second-order valence-electron chi connectivity index (χ2n) is 3.72. The van der Waals surface area contributed by atoms with Crippen molar-refractivity contribution < 1.29 is 0 Å². The minimum absolute atomic E-state index is 0.996. The van der Waals surface area contributed by atoms with E-state index in [0.29, 0.717) is 0 Å². The molecular weight excluding hydrogens is 134 g/mol. The molecule has 11 heavy (non-hydrogen) atoms. The lowest BCUT2D eigenvalue weighted by Gasteiger charge is -2.31. The highest BCUT2D eigenvalue weighted by Gasteiger charge is 2.16. The third-order valence-corrected chi connectivity index (χ3v) is 2.72.